The molecule has 0 aliphatic carbocycles. The molecular weight excluding hydrogens is 345 g/mol. The first-order chi connectivity index (χ1) is 11.1. The molecule has 24 heavy (non-hydrogen) atoms. The lowest BCUT2D eigenvalue weighted by Crippen LogP contribution is -2.35. The van der Waals surface area contributed by atoms with E-state index < -0.39 is 32.7 Å². The first-order valence-electron chi connectivity index (χ1n) is 6.98. The standard InChI is InChI=1S/C15H17F3N2O3S/c1-20(2)12(13-7-5-9-23-13)10-19-24(21,22)14-8-4-3-6-11(14)15(16,17)18/h3-9,12,19H,10H2,1-2H3. The molecule has 5 nitrogen and oxygen atoms in total. The second-order valence-electron chi connectivity index (χ2n) is 5.34. The number of rotatable bonds is 6. The Kier molecular flexibility index (Phi) is 5.36. The second kappa shape index (κ2) is 6.96. The van der Waals surface area contributed by atoms with E-state index in [0.717, 1.165) is 18.2 Å². The fraction of sp³-hybridized carbons (Fsp3) is 0.333. The van der Waals surface area contributed by atoms with E-state index in [1.165, 1.54) is 12.3 Å². The van der Waals surface area contributed by atoms with Crippen LogP contribution in [0.2, 0.25) is 0 Å². The van der Waals surface area contributed by atoms with E-state index in [9.17, 15) is 21.6 Å². The predicted molar refractivity (Wildman–Crippen MR) is 81.8 cm³/mol. The van der Waals surface area contributed by atoms with Crippen molar-refractivity contribution in [3.63, 3.8) is 0 Å². The van der Waals surface area contributed by atoms with Gasteiger partial charge in [0.1, 0.15) is 5.76 Å². The number of alkyl halides is 3. The van der Waals surface area contributed by atoms with E-state index in [1.54, 1.807) is 31.1 Å². The number of halogens is 3. The minimum atomic E-state index is -4.76. The Labute approximate surface area is 138 Å². The van der Waals surface area contributed by atoms with Gasteiger partial charge in [-0.15, -0.1) is 0 Å². The quantitative estimate of drug-likeness (QED) is 0.858. The van der Waals surface area contributed by atoms with Gasteiger partial charge in [0.05, 0.1) is 22.8 Å². The van der Waals surface area contributed by atoms with E-state index in [1.807, 2.05) is 0 Å². The monoisotopic (exact) mass is 362 g/mol. The number of benzene rings is 1. The molecule has 1 N–H and O–H groups in total. The summed E-state index contributed by atoms with van der Waals surface area (Å²) in [5, 5.41) is 0. The van der Waals surface area contributed by atoms with E-state index in [0.29, 0.717) is 5.76 Å². The number of furan rings is 1. The molecular formula is C15H17F3N2O3S. The summed E-state index contributed by atoms with van der Waals surface area (Å²) >= 11 is 0. The number of nitrogens with zero attached hydrogens (tertiary/aromatic N) is 1. The number of hydrogen-bond acceptors (Lipinski definition) is 4. The topological polar surface area (TPSA) is 62.6 Å². The van der Waals surface area contributed by atoms with Crippen molar-refractivity contribution in [3.8, 4) is 0 Å². The van der Waals surface area contributed by atoms with Gasteiger partial charge in [0.25, 0.3) is 0 Å². The summed E-state index contributed by atoms with van der Waals surface area (Å²) in [5.41, 5.74) is -1.20. The maximum atomic E-state index is 13.0. The van der Waals surface area contributed by atoms with Gasteiger partial charge in [-0.05, 0) is 38.4 Å². The first-order valence-corrected chi connectivity index (χ1v) is 8.47. The summed E-state index contributed by atoms with van der Waals surface area (Å²) in [6.07, 6.45) is -3.31. The average Bonchev–Trinajstić information content (AvgIpc) is 3.00. The Balaban J connectivity index is 2.26. The Bertz CT molecular complexity index is 772. The van der Waals surface area contributed by atoms with E-state index >= 15 is 0 Å². The summed E-state index contributed by atoms with van der Waals surface area (Å²) in [7, 11) is -0.905. The zero-order chi connectivity index (χ0) is 18.0. The van der Waals surface area contributed by atoms with Gasteiger partial charge < -0.3 is 4.42 Å². The lowest BCUT2D eigenvalue weighted by Gasteiger charge is -2.23. The van der Waals surface area contributed by atoms with Crippen molar-refractivity contribution in [2.75, 3.05) is 20.6 Å². The second-order valence-corrected chi connectivity index (χ2v) is 7.08. The summed E-state index contributed by atoms with van der Waals surface area (Å²) in [4.78, 5) is 0.909. The Morgan fingerprint density at radius 2 is 1.83 bits per heavy atom. The lowest BCUT2D eigenvalue weighted by atomic mass is 10.2. The fourth-order valence-corrected chi connectivity index (χ4v) is 3.48. The largest absolute Gasteiger partial charge is 0.468 e. The molecule has 1 unspecified atom stereocenters. The number of likely N-dealkylation sites (N-methyl/N-ethyl adjacent to an activating group) is 1. The first kappa shape index (κ1) is 18.5. The Morgan fingerprint density at radius 3 is 2.38 bits per heavy atom. The predicted octanol–water partition coefficient (Wildman–Crippen LogP) is 2.88. The summed E-state index contributed by atoms with van der Waals surface area (Å²) in [6, 6.07) is 6.94. The Morgan fingerprint density at radius 1 is 1.17 bits per heavy atom. The molecule has 0 bridgehead atoms. The highest BCUT2D eigenvalue weighted by atomic mass is 32.2. The van der Waals surface area contributed by atoms with Crippen molar-refractivity contribution in [1.82, 2.24) is 9.62 Å². The average molecular weight is 362 g/mol. The van der Waals surface area contributed by atoms with Crippen molar-refractivity contribution in [2.24, 2.45) is 0 Å². The number of nitrogens with one attached hydrogen (secondary N) is 1. The molecule has 0 fully saturated rings. The SMILES string of the molecule is CN(C)C(CNS(=O)(=O)c1ccccc1C(F)(F)F)c1ccco1. The highest BCUT2D eigenvalue weighted by molar-refractivity contribution is 7.89. The molecule has 0 spiro atoms. The molecule has 0 saturated heterocycles. The van der Waals surface area contributed by atoms with Gasteiger partial charge in [-0.1, -0.05) is 12.1 Å². The van der Waals surface area contributed by atoms with Gasteiger partial charge in [-0.25, -0.2) is 13.1 Å². The fourth-order valence-electron chi connectivity index (χ4n) is 2.22. The molecule has 0 saturated carbocycles. The smallest absolute Gasteiger partial charge is 0.417 e. The van der Waals surface area contributed by atoms with Crippen LogP contribution in [0.4, 0.5) is 13.2 Å². The van der Waals surface area contributed by atoms with Gasteiger partial charge in [-0.2, -0.15) is 13.2 Å². The molecule has 2 aromatic rings. The van der Waals surface area contributed by atoms with Crippen LogP contribution in [0.25, 0.3) is 0 Å². The lowest BCUT2D eigenvalue weighted by molar-refractivity contribution is -0.139. The number of hydrogen-bond donors (Lipinski definition) is 1. The van der Waals surface area contributed by atoms with Gasteiger partial charge in [0.15, 0.2) is 0 Å². The van der Waals surface area contributed by atoms with Crippen molar-refractivity contribution in [3.05, 3.63) is 54.0 Å². The van der Waals surface area contributed by atoms with Crippen LogP contribution >= 0.6 is 0 Å². The molecule has 9 heteroatoms. The summed E-state index contributed by atoms with van der Waals surface area (Å²) in [6.45, 7) is -0.130. The van der Waals surface area contributed by atoms with Gasteiger partial charge in [0.2, 0.25) is 10.0 Å². The molecule has 1 aromatic heterocycles. The van der Waals surface area contributed by atoms with Crippen molar-refractivity contribution < 1.29 is 26.0 Å². The molecule has 1 heterocycles. The third-order valence-corrected chi connectivity index (χ3v) is 4.93. The van der Waals surface area contributed by atoms with Crippen LogP contribution < -0.4 is 4.72 Å². The highest BCUT2D eigenvalue weighted by Gasteiger charge is 2.37. The van der Waals surface area contributed by atoms with E-state index in [4.69, 9.17) is 4.42 Å². The van der Waals surface area contributed by atoms with Crippen LogP contribution in [-0.4, -0.2) is 34.0 Å². The van der Waals surface area contributed by atoms with Crippen LogP contribution in [0.1, 0.15) is 17.4 Å². The van der Waals surface area contributed by atoms with Gasteiger partial charge in [-0.3, -0.25) is 4.90 Å². The molecule has 0 aliphatic heterocycles. The molecule has 0 radical (unpaired) electrons. The third kappa shape index (κ3) is 4.16. The van der Waals surface area contributed by atoms with Gasteiger partial charge >= 0.3 is 6.18 Å². The highest BCUT2D eigenvalue weighted by Crippen LogP contribution is 2.34. The normalized spacial score (nSPS) is 14.1. The van der Waals surface area contributed by atoms with Crippen LogP contribution in [0.5, 0.6) is 0 Å². The summed E-state index contributed by atoms with van der Waals surface area (Å²) < 4.78 is 71.2. The van der Waals surface area contributed by atoms with Crippen molar-refractivity contribution in [1.29, 1.82) is 0 Å². The van der Waals surface area contributed by atoms with E-state index in [-0.39, 0.29) is 6.54 Å². The minimum absolute atomic E-state index is 0.130. The minimum Gasteiger partial charge on any atom is -0.468 e. The zero-order valence-electron chi connectivity index (χ0n) is 13.0. The molecule has 132 valence electrons. The van der Waals surface area contributed by atoms with Crippen molar-refractivity contribution >= 4 is 10.0 Å². The van der Waals surface area contributed by atoms with Crippen LogP contribution in [-0.2, 0) is 16.2 Å². The van der Waals surface area contributed by atoms with Crippen LogP contribution in [0, 0.1) is 0 Å². The van der Waals surface area contributed by atoms with E-state index in [2.05, 4.69) is 4.72 Å². The Hall–Kier alpha value is -1.84. The molecule has 0 aliphatic rings. The van der Waals surface area contributed by atoms with Crippen LogP contribution in [0.3, 0.4) is 0 Å². The molecule has 1 aromatic carbocycles. The third-order valence-electron chi connectivity index (χ3n) is 3.44. The van der Waals surface area contributed by atoms with Crippen LogP contribution in [0.15, 0.2) is 52.0 Å². The molecule has 2 rings (SSSR count). The molecule has 1 atom stereocenters. The van der Waals surface area contributed by atoms with Crippen molar-refractivity contribution in [2.45, 2.75) is 17.1 Å². The summed E-state index contributed by atoms with van der Waals surface area (Å²) in [5.74, 6) is 0.506. The zero-order valence-corrected chi connectivity index (χ0v) is 13.9. The maximum Gasteiger partial charge on any atom is 0.417 e. The maximum absolute atomic E-state index is 13.0. The number of sulfonamides is 1. The molecule has 0 amide bonds. The van der Waals surface area contributed by atoms with Gasteiger partial charge in [0, 0.05) is 6.54 Å².